The minimum absolute atomic E-state index is 1.09. The van der Waals surface area contributed by atoms with Crippen LogP contribution in [-0.2, 0) is 0 Å². The van der Waals surface area contributed by atoms with Gasteiger partial charge in [-0.15, -0.1) is 0 Å². The zero-order valence-corrected chi connectivity index (χ0v) is 16.0. The van der Waals surface area contributed by atoms with E-state index >= 15 is 0 Å². The molecule has 1 heteroatoms. The molecule has 132 valence electrons. The Morgan fingerprint density at radius 2 is 0.964 bits per heavy atom. The van der Waals surface area contributed by atoms with E-state index in [0.717, 1.165) is 5.69 Å². The van der Waals surface area contributed by atoms with Crippen molar-refractivity contribution in [2.75, 3.05) is 0 Å². The van der Waals surface area contributed by atoms with Crippen LogP contribution < -0.4 is 0 Å². The molecule has 0 aliphatic heterocycles. The molecule has 0 aliphatic carbocycles. The van der Waals surface area contributed by atoms with Crippen molar-refractivity contribution in [1.29, 1.82) is 0 Å². The minimum atomic E-state index is 1.09. The van der Waals surface area contributed by atoms with Gasteiger partial charge in [-0.3, -0.25) is 4.98 Å². The molecule has 0 saturated carbocycles. The third-order valence-corrected chi connectivity index (χ3v) is 6.06. The van der Waals surface area contributed by atoms with Crippen LogP contribution in [0.15, 0.2) is 79.0 Å². The van der Waals surface area contributed by atoms with Crippen molar-refractivity contribution in [2.45, 2.75) is 13.8 Å². The van der Waals surface area contributed by atoms with E-state index in [0.29, 0.717) is 0 Å². The monoisotopic (exact) mass is 357 g/mol. The van der Waals surface area contributed by atoms with Crippen molar-refractivity contribution in [3.05, 3.63) is 90.3 Å². The second-order valence-corrected chi connectivity index (χ2v) is 7.77. The van der Waals surface area contributed by atoms with Crippen LogP contribution in [0.3, 0.4) is 0 Å². The fourth-order valence-electron chi connectivity index (χ4n) is 4.72. The van der Waals surface area contributed by atoms with Gasteiger partial charge < -0.3 is 0 Å². The zero-order chi connectivity index (χ0) is 18.8. The molecule has 0 fully saturated rings. The highest BCUT2D eigenvalue weighted by atomic mass is 14.7. The Hall–Kier alpha value is -3.45. The van der Waals surface area contributed by atoms with Gasteiger partial charge in [0.15, 0.2) is 0 Å². The number of pyridine rings is 1. The second kappa shape index (κ2) is 5.53. The summed E-state index contributed by atoms with van der Waals surface area (Å²) in [7, 11) is 0. The van der Waals surface area contributed by atoms with Crippen molar-refractivity contribution in [1.82, 2.24) is 4.98 Å². The Kier molecular flexibility index (Phi) is 3.08. The summed E-state index contributed by atoms with van der Waals surface area (Å²) in [5, 5.41) is 13.0. The van der Waals surface area contributed by atoms with E-state index in [1.165, 1.54) is 59.4 Å². The van der Waals surface area contributed by atoms with Gasteiger partial charge in [0.05, 0.1) is 0 Å². The van der Waals surface area contributed by atoms with Gasteiger partial charge in [-0.2, -0.15) is 0 Å². The molecule has 0 unspecified atom stereocenters. The quantitative estimate of drug-likeness (QED) is 0.203. The Morgan fingerprint density at radius 1 is 0.536 bits per heavy atom. The van der Waals surface area contributed by atoms with Crippen molar-refractivity contribution < 1.29 is 0 Å². The Balaban J connectivity index is 2.01. The summed E-state index contributed by atoms with van der Waals surface area (Å²) in [6, 6.07) is 26.7. The van der Waals surface area contributed by atoms with Crippen LogP contribution in [0.2, 0.25) is 0 Å². The van der Waals surface area contributed by atoms with E-state index in [1.54, 1.807) is 0 Å². The van der Waals surface area contributed by atoms with Crippen LogP contribution in [0, 0.1) is 13.8 Å². The van der Waals surface area contributed by atoms with Gasteiger partial charge in [0.1, 0.15) is 0 Å². The molecule has 1 heterocycles. The van der Waals surface area contributed by atoms with Crippen molar-refractivity contribution in [3.63, 3.8) is 0 Å². The molecule has 0 bridgehead atoms. The van der Waals surface area contributed by atoms with Crippen molar-refractivity contribution >= 4 is 53.9 Å². The van der Waals surface area contributed by atoms with E-state index < -0.39 is 0 Å². The summed E-state index contributed by atoms with van der Waals surface area (Å²) in [5.41, 5.74) is 2.33. The van der Waals surface area contributed by atoms with Gasteiger partial charge in [-0.25, -0.2) is 0 Å². The van der Waals surface area contributed by atoms with Crippen molar-refractivity contribution in [2.24, 2.45) is 0 Å². The number of aryl methyl sites for hydroxylation is 2. The van der Waals surface area contributed by atoms with Gasteiger partial charge in [0.2, 0.25) is 0 Å². The molecule has 0 atom stereocenters. The molecule has 0 spiro atoms. The molecular weight excluding hydrogens is 338 g/mol. The number of fused-ring (bicyclic) bond motifs is 8. The summed E-state index contributed by atoms with van der Waals surface area (Å²) in [6.45, 7) is 4.31. The highest BCUT2D eigenvalue weighted by molar-refractivity contribution is 6.30. The molecule has 0 radical (unpaired) electrons. The predicted octanol–water partition coefficient (Wildman–Crippen LogP) is 7.46. The lowest BCUT2D eigenvalue weighted by Gasteiger charge is -2.15. The first-order valence-electron chi connectivity index (χ1n) is 9.73. The van der Waals surface area contributed by atoms with Crippen LogP contribution in [-0.4, -0.2) is 4.98 Å². The average Bonchev–Trinajstić information content (AvgIpc) is 2.73. The molecule has 6 rings (SSSR count). The number of hydrogen-bond donors (Lipinski definition) is 0. The average molecular weight is 357 g/mol. The lowest BCUT2D eigenvalue weighted by molar-refractivity contribution is 1.21. The standard InChI is InChI=1S/C27H19N/c1-16-15-28-17(2)27-25-14-21-10-6-4-8-19(21)12-23(25)22-11-18-7-3-5-9-20(18)13-24(22)26(16)27/h3-15H,1-2H3. The zero-order valence-electron chi connectivity index (χ0n) is 16.0. The van der Waals surface area contributed by atoms with Gasteiger partial charge in [0.25, 0.3) is 0 Å². The third kappa shape index (κ3) is 2.05. The number of nitrogens with zero attached hydrogens (tertiary/aromatic N) is 1. The number of rotatable bonds is 0. The summed E-state index contributed by atoms with van der Waals surface area (Å²) in [4.78, 5) is 4.71. The first-order chi connectivity index (χ1) is 13.7. The maximum atomic E-state index is 4.71. The van der Waals surface area contributed by atoms with Crippen LogP contribution in [0.4, 0.5) is 0 Å². The lowest BCUT2D eigenvalue weighted by atomic mass is 9.89. The smallest absolute Gasteiger partial charge is 0.0457 e. The van der Waals surface area contributed by atoms with E-state index in [-0.39, 0.29) is 0 Å². The highest BCUT2D eigenvalue weighted by Gasteiger charge is 2.14. The predicted molar refractivity (Wildman–Crippen MR) is 121 cm³/mol. The maximum absolute atomic E-state index is 4.71. The van der Waals surface area contributed by atoms with Gasteiger partial charge >= 0.3 is 0 Å². The highest BCUT2D eigenvalue weighted by Crippen LogP contribution is 2.40. The first kappa shape index (κ1) is 15.6. The summed E-state index contributed by atoms with van der Waals surface area (Å²) >= 11 is 0. The molecule has 0 N–H and O–H groups in total. The number of aromatic nitrogens is 1. The number of benzene rings is 5. The van der Waals surface area contributed by atoms with Crippen LogP contribution in [0.25, 0.3) is 53.9 Å². The molecule has 0 saturated heterocycles. The largest absolute Gasteiger partial charge is 0.261 e. The summed E-state index contributed by atoms with van der Waals surface area (Å²) in [5.74, 6) is 0. The maximum Gasteiger partial charge on any atom is 0.0457 e. The Bertz CT molecular complexity index is 1450. The molecular formula is C27H19N. The van der Waals surface area contributed by atoms with E-state index in [9.17, 15) is 0 Å². The summed E-state index contributed by atoms with van der Waals surface area (Å²) in [6.07, 6.45) is 2.01. The van der Waals surface area contributed by atoms with Crippen LogP contribution >= 0.6 is 0 Å². The van der Waals surface area contributed by atoms with E-state index in [4.69, 9.17) is 4.98 Å². The fourth-order valence-corrected chi connectivity index (χ4v) is 4.72. The van der Waals surface area contributed by atoms with Gasteiger partial charge in [0, 0.05) is 17.3 Å². The molecule has 0 amide bonds. The number of hydrogen-bond acceptors (Lipinski definition) is 1. The fraction of sp³-hybridized carbons (Fsp3) is 0.0741. The third-order valence-electron chi connectivity index (χ3n) is 6.06. The van der Waals surface area contributed by atoms with E-state index in [2.05, 4.69) is 86.6 Å². The molecule has 28 heavy (non-hydrogen) atoms. The SMILES string of the molecule is Cc1cnc(C)c2c3cc4ccccc4cc3c3cc4ccccc4cc3c12. The van der Waals surface area contributed by atoms with E-state index in [1.807, 2.05) is 6.20 Å². The topological polar surface area (TPSA) is 12.9 Å². The second-order valence-electron chi connectivity index (χ2n) is 7.77. The minimum Gasteiger partial charge on any atom is -0.261 e. The lowest BCUT2D eigenvalue weighted by Crippen LogP contribution is -1.92. The van der Waals surface area contributed by atoms with Crippen molar-refractivity contribution in [3.8, 4) is 0 Å². The first-order valence-corrected chi connectivity index (χ1v) is 9.73. The Morgan fingerprint density at radius 3 is 1.46 bits per heavy atom. The molecule has 1 nitrogen and oxygen atoms in total. The molecule has 0 aliphatic rings. The Labute approximate surface area is 163 Å². The molecule has 1 aromatic heterocycles. The summed E-state index contributed by atoms with van der Waals surface area (Å²) < 4.78 is 0. The van der Waals surface area contributed by atoms with Gasteiger partial charge in [-0.05, 0) is 92.2 Å². The molecule has 5 aromatic carbocycles. The normalized spacial score (nSPS) is 11.9. The van der Waals surface area contributed by atoms with Gasteiger partial charge in [-0.1, -0.05) is 48.5 Å². The van der Waals surface area contributed by atoms with Crippen LogP contribution in [0.1, 0.15) is 11.3 Å². The molecule has 6 aromatic rings. The van der Waals surface area contributed by atoms with Crippen LogP contribution in [0.5, 0.6) is 0 Å².